The van der Waals surface area contributed by atoms with Crippen LogP contribution in [0.2, 0.25) is 5.02 Å². The molecule has 3 amide bonds. The van der Waals surface area contributed by atoms with Crippen molar-refractivity contribution in [2.24, 2.45) is 0 Å². The van der Waals surface area contributed by atoms with Crippen LogP contribution in [-0.4, -0.2) is 60.4 Å². The molecule has 1 aliphatic rings. The van der Waals surface area contributed by atoms with Gasteiger partial charge in [0.05, 0.1) is 48.1 Å². The van der Waals surface area contributed by atoms with Crippen molar-refractivity contribution in [3.05, 3.63) is 82.9 Å². The summed E-state index contributed by atoms with van der Waals surface area (Å²) in [4.78, 5) is 38.0. The lowest BCUT2D eigenvalue weighted by Crippen LogP contribution is -2.40. The standard InChI is InChI=1S/C28H27ClFN3O6/c1-38-25-12-17(6-11-24(25)32-28(37)31-23-5-3-2-4-22(23)29)13-26(34)33-15-19(30)14-20(33)16-39-21-9-7-18(8-10-21)27(35)36/h2-12,19-20H,13-16H2,1H3,(H,35,36)(H2,31,32,37)/t19?,20-/m0/s1. The van der Waals surface area contributed by atoms with Gasteiger partial charge in [-0.1, -0.05) is 29.8 Å². The van der Waals surface area contributed by atoms with Gasteiger partial charge in [0.25, 0.3) is 0 Å². The average molecular weight is 556 g/mol. The van der Waals surface area contributed by atoms with Gasteiger partial charge in [-0.15, -0.1) is 0 Å². The number of urea groups is 1. The maximum absolute atomic E-state index is 14.3. The first-order valence-corrected chi connectivity index (χ1v) is 12.5. The van der Waals surface area contributed by atoms with Gasteiger partial charge in [0.15, 0.2) is 0 Å². The Morgan fingerprint density at radius 3 is 2.46 bits per heavy atom. The summed E-state index contributed by atoms with van der Waals surface area (Å²) in [6.45, 7) is 0.0368. The minimum absolute atomic E-state index is 0.00100. The minimum atomic E-state index is -1.17. The van der Waals surface area contributed by atoms with Crippen LogP contribution in [0.3, 0.4) is 0 Å². The van der Waals surface area contributed by atoms with Crippen LogP contribution in [-0.2, 0) is 11.2 Å². The van der Waals surface area contributed by atoms with Crippen LogP contribution < -0.4 is 20.1 Å². The highest BCUT2D eigenvalue weighted by Crippen LogP contribution is 2.28. The van der Waals surface area contributed by atoms with Crippen LogP contribution in [0.25, 0.3) is 0 Å². The van der Waals surface area contributed by atoms with Crippen LogP contribution in [0.15, 0.2) is 66.7 Å². The molecule has 1 aliphatic heterocycles. The first-order chi connectivity index (χ1) is 18.7. The number of para-hydroxylation sites is 1. The summed E-state index contributed by atoms with van der Waals surface area (Å²) < 4.78 is 25.4. The third kappa shape index (κ3) is 7.17. The van der Waals surface area contributed by atoms with E-state index in [1.54, 1.807) is 42.5 Å². The van der Waals surface area contributed by atoms with Gasteiger partial charge in [-0.2, -0.15) is 0 Å². The molecule has 0 radical (unpaired) electrons. The Morgan fingerprint density at radius 2 is 1.77 bits per heavy atom. The number of aromatic carboxylic acids is 1. The number of carbonyl (C=O) groups excluding carboxylic acids is 2. The fourth-order valence-corrected chi connectivity index (χ4v) is 4.46. The van der Waals surface area contributed by atoms with Crippen molar-refractivity contribution in [2.45, 2.75) is 25.1 Å². The van der Waals surface area contributed by atoms with Gasteiger partial charge < -0.3 is 30.1 Å². The Bertz CT molecular complexity index is 1350. The highest BCUT2D eigenvalue weighted by molar-refractivity contribution is 6.33. The predicted molar refractivity (Wildman–Crippen MR) is 145 cm³/mol. The lowest BCUT2D eigenvalue weighted by Gasteiger charge is -2.24. The highest BCUT2D eigenvalue weighted by atomic mass is 35.5. The Hall–Kier alpha value is -4.31. The van der Waals surface area contributed by atoms with Crippen molar-refractivity contribution in [2.75, 3.05) is 30.9 Å². The van der Waals surface area contributed by atoms with Gasteiger partial charge in [-0.3, -0.25) is 4.79 Å². The Morgan fingerprint density at radius 1 is 1.05 bits per heavy atom. The number of hydrogen-bond acceptors (Lipinski definition) is 5. The van der Waals surface area contributed by atoms with Gasteiger partial charge in [-0.25, -0.2) is 14.0 Å². The summed E-state index contributed by atoms with van der Waals surface area (Å²) in [5.74, 6) is -0.537. The highest BCUT2D eigenvalue weighted by Gasteiger charge is 2.35. The van der Waals surface area contributed by atoms with Crippen LogP contribution in [0.5, 0.6) is 11.5 Å². The summed E-state index contributed by atoms with van der Waals surface area (Å²) in [5.41, 5.74) is 1.59. The first-order valence-electron chi connectivity index (χ1n) is 12.1. The van der Waals surface area contributed by atoms with Gasteiger partial charge in [0, 0.05) is 6.42 Å². The number of methoxy groups -OCH3 is 1. The van der Waals surface area contributed by atoms with Crippen LogP contribution in [0.4, 0.5) is 20.6 Å². The second-order valence-corrected chi connectivity index (χ2v) is 9.35. The fraction of sp³-hybridized carbons (Fsp3) is 0.250. The monoisotopic (exact) mass is 555 g/mol. The second-order valence-electron chi connectivity index (χ2n) is 8.94. The molecule has 4 rings (SSSR count). The molecular formula is C28H27ClFN3O6. The Balaban J connectivity index is 1.37. The number of amides is 3. The molecule has 0 spiro atoms. The summed E-state index contributed by atoms with van der Waals surface area (Å²) in [6, 6.07) is 16.7. The Labute approximate surface area is 229 Å². The molecular weight excluding hydrogens is 529 g/mol. The molecule has 1 saturated heterocycles. The van der Waals surface area contributed by atoms with Crippen LogP contribution in [0, 0.1) is 0 Å². The Kier molecular flexibility index (Phi) is 8.88. The van der Waals surface area contributed by atoms with Crippen molar-refractivity contribution in [1.29, 1.82) is 0 Å². The largest absolute Gasteiger partial charge is 0.495 e. The van der Waals surface area contributed by atoms with Crippen molar-refractivity contribution in [3.63, 3.8) is 0 Å². The predicted octanol–water partition coefficient (Wildman–Crippen LogP) is 5.25. The third-order valence-electron chi connectivity index (χ3n) is 6.22. The summed E-state index contributed by atoms with van der Waals surface area (Å²) in [5, 5.41) is 14.8. The maximum Gasteiger partial charge on any atom is 0.335 e. The number of rotatable bonds is 9. The number of nitrogens with one attached hydrogen (secondary N) is 2. The molecule has 3 N–H and O–H groups in total. The SMILES string of the molecule is COc1cc(CC(=O)N2CC(F)C[C@H]2COc2ccc(C(=O)O)cc2)ccc1NC(=O)Nc1ccccc1Cl. The van der Waals surface area contributed by atoms with Gasteiger partial charge in [0.1, 0.15) is 24.3 Å². The zero-order valence-electron chi connectivity index (χ0n) is 21.0. The number of hydrogen-bond donors (Lipinski definition) is 3. The molecule has 0 aromatic heterocycles. The van der Waals surface area contributed by atoms with Gasteiger partial charge in [0.2, 0.25) is 5.91 Å². The molecule has 2 atom stereocenters. The molecule has 1 unspecified atom stereocenters. The van der Waals surface area contributed by atoms with Crippen molar-refractivity contribution < 1.29 is 33.4 Å². The number of carbonyl (C=O) groups is 3. The quantitative estimate of drug-likeness (QED) is 0.332. The lowest BCUT2D eigenvalue weighted by molar-refractivity contribution is -0.132. The maximum atomic E-state index is 14.3. The molecule has 1 fully saturated rings. The molecule has 0 saturated carbocycles. The zero-order valence-corrected chi connectivity index (χ0v) is 21.8. The number of carboxylic acid groups (broad SMARTS) is 1. The molecule has 204 valence electrons. The number of carboxylic acids is 1. The number of ether oxygens (including phenoxy) is 2. The number of anilines is 2. The number of likely N-dealkylation sites (tertiary alicyclic amines) is 1. The number of halogens is 2. The molecule has 3 aromatic rings. The smallest absolute Gasteiger partial charge is 0.335 e. The van der Waals surface area contributed by atoms with E-state index in [2.05, 4.69) is 10.6 Å². The summed E-state index contributed by atoms with van der Waals surface area (Å²) >= 11 is 6.09. The van der Waals surface area contributed by atoms with Crippen LogP contribution in [0.1, 0.15) is 22.3 Å². The average Bonchev–Trinajstić information content (AvgIpc) is 3.30. The molecule has 11 heteroatoms. The molecule has 3 aromatic carbocycles. The first kappa shape index (κ1) is 27.7. The minimum Gasteiger partial charge on any atom is -0.495 e. The zero-order chi connectivity index (χ0) is 27.9. The van der Waals surface area contributed by atoms with Crippen molar-refractivity contribution >= 4 is 40.9 Å². The van der Waals surface area contributed by atoms with Crippen molar-refractivity contribution in [3.8, 4) is 11.5 Å². The molecule has 0 aliphatic carbocycles. The van der Waals surface area contributed by atoms with Gasteiger partial charge in [-0.05, 0) is 54.1 Å². The van der Waals surface area contributed by atoms with E-state index in [0.717, 1.165) is 0 Å². The van der Waals surface area contributed by atoms with Gasteiger partial charge >= 0.3 is 12.0 Å². The van der Waals surface area contributed by atoms with E-state index >= 15 is 0 Å². The molecule has 9 nitrogen and oxygen atoms in total. The van der Waals surface area contributed by atoms with E-state index in [9.17, 15) is 18.8 Å². The van der Waals surface area contributed by atoms with E-state index in [0.29, 0.717) is 33.5 Å². The van der Waals surface area contributed by atoms with E-state index in [1.807, 2.05) is 0 Å². The van der Waals surface area contributed by atoms with E-state index in [-0.39, 0.29) is 37.5 Å². The number of nitrogens with zero attached hydrogens (tertiary/aromatic N) is 1. The molecule has 39 heavy (non-hydrogen) atoms. The fourth-order valence-electron chi connectivity index (χ4n) is 4.27. The lowest BCUT2D eigenvalue weighted by atomic mass is 10.1. The number of alkyl halides is 1. The van der Waals surface area contributed by atoms with Crippen molar-refractivity contribution in [1.82, 2.24) is 4.90 Å². The van der Waals surface area contributed by atoms with E-state index in [1.165, 1.54) is 36.3 Å². The molecule has 1 heterocycles. The molecule has 0 bridgehead atoms. The van der Waals surface area contributed by atoms with E-state index in [4.69, 9.17) is 26.2 Å². The third-order valence-corrected chi connectivity index (χ3v) is 6.55. The van der Waals surface area contributed by atoms with E-state index < -0.39 is 24.2 Å². The normalized spacial score (nSPS) is 16.4. The topological polar surface area (TPSA) is 117 Å². The van der Waals surface area contributed by atoms with Crippen LogP contribution >= 0.6 is 11.6 Å². The second kappa shape index (κ2) is 12.5. The summed E-state index contributed by atoms with van der Waals surface area (Å²) in [6.07, 6.45) is -1.03. The summed E-state index contributed by atoms with van der Waals surface area (Å²) in [7, 11) is 1.45. The number of benzene rings is 3.